The Morgan fingerprint density at radius 1 is 1.08 bits per heavy atom. The Balaban J connectivity index is 1.32. The monoisotopic (exact) mass is 539 g/mol. The van der Waals surface area contributed by atoms with Gasteiger partial charge >= 0.3 is 0 Å². The van der Waals surface area contributed by atoms with Crippen molar-refractivity contribution in [1.82, 2.24) is 9.55 Å². The maximum Gasteiger partial charge on any atom is 0.272 e. The predicted molar refractivity (Wildman–Crippen MR) is 144 cm³/mol. The van der Waals surface area contributed by atoms with Gasteiger partial charge in [-0.1, -0.05) is 17.8 Å². The van der Waals surface area contributed by atoms with E-state index in [2.05, 4.69) is 10.3 Å². The molecule has 9 nitrogen and oxygen atoms in total. The van der Waals surface area contributed by atoms with Crippen LogP contribution in [0, 0.1) is 0 Å². The van der Waals surface area contributed by atoms with Crippen LogP contribution in [0.1, 0.15) is 5.56 Å². The van der Waals surface area contributed by atoms with Crippen LogP contribution in [-0.4, -0.2) is 48.6 Å². The number of hydrogen-bond acceptors (Lipinski definition) is 9. The number of amides is 1. The summed E-state index contributed by atoms with van der Waals surface area (Å²) in [4.78, 5) is 30.7. The van der Waals surface area contributed by atoms with E-state index in [1.807, 2.05) is 29.6 Å². The van der Waals surface area contributed by atoms with Crippen LogP contribution in [0.25, 0.3) is 10.2 Å². The SMILES string of the molecule is COc1ccc(CCn2c(SCC(=O)Nc3ccc4c(c3)OCCO4)nc3ccsc3c2=O)cc1OC. The molecule has 2 aromatic carbocycles. The van der Waals surface area contributed by atoms with Crippen molar-refractivity contribution in [3.8, 4) is 23.0 Å². The molecule has 0 bridgehead atoms. The Kier molecular flexibility index (Phi) is 7.52. The van der Waals surface area contributed by atoms with Gasteiger partial charge in [0, 0.05) is 18.3 Å². The lowest BCUT2D eigenvalue weighted by Crippen LogP contribution is -2.24. The van der Waals surface area contributed by atoms with Crippen LogP contribution < -0.4 is 29.8 Å². The summed E-state index contributed by atoms with van der Waals surface area (Å²) in [5.41, 5.74) is 2.12. The van der Waals surface area contributed by atoms with Crippen molar-refractivity contribution in [2.24, 2.45) is 0 Å². The van der Waals surface area contributed by atoms with Crippen molar-refractivity contribution in [3.63, 3.8) is 0 Å². The van der Waals surface area contributed by atoms with Crippen LogP contribution in [0.5, 0.6) is 23.0 Å². The number of thioether (sulfide) groups is 1. The number of nitrogens with zero attached hydrogens (tertiary/aromatic N) is 2. The zero-order chi connectivity index (χ0) is 25.8. The molecular formula is C26H25N3O6S2. The van der Waals surface area contributed by atoms with Gasteiger partial charge < -0.3 is 24.3 Å². The third-order valence-corrected chi connectivity index (χ3v) is 7.63. The highest BCUT2D eigenvalue weighted by Gasteiger charge is 2.16. The lowest BCUT2D eigenvalue weighted by Gasteiger charge is -2.19. The molecule has 0 radical (unpaired) electrons. The summed E-state index contributed by atoms with van der Waals surface area (Å²) < 4.78 is 24.1. The van der Waals surface area contributed by atoms with Gasteiger partial charge in [-0.25, -0.2) is 4.98 Å². The number of thiophene rings is 1. The lowest BCUT2D eigenvalue weighted by atomic mass is 10.1. The number of hydrogen-bond donors (Lipinski definition) is 1. The number of fused-ring (bicyclic) bond motifs is 2. The summed E-state index contributed by atoms with van der Waals surface area (Å²) in [7, 11) is 3.18. The molecule has 1 aliphatic rings. The van der Waals surface area contributed by atoms with Crippen LogP contribution in [0.3, 0.4) is 0 Å². The Hall–Kier alpha value is -3.70. The highest BCUT2D eigenvalue weighted by Crippen LogP contribution is 2.33. The quantitative estimate of drug-likeness (QED) is 0.249. The Bertz CT molecular complexity index is 1500. The van der Waals surface area contributed by atoms with E-state index in [0.29, 0.717) is 70.2 Å². The summed E-state index contributed by atoms with van der Waals surface area (Å²) in [6.07, 6.45) is 0.579. The van der Waals surface area contributed by atoms with Crippen molar-refractivity contribution < 1.29 is 23.7 Å². The van der Waals surface area contributed by atoms with Crippen molar-refractivity contribution in [2.45, 2.75) is 18.1 Å². The van der Waals surface area contributed by atoms with Crippen LogP contribution in [0.2, 0.25) is 0 Å². The summed E-state index contributed by atoms with van der Waals surface area (Å²) >= 11 is 2.59. The van der Waals surface area contributed by atoms with Gasteiger partial charge in [0.1, 0.15) is 17.9 Å². The number of benzene rings is 2. The third kappa shape index (κ3) is 5.52. The number of methoxy groups -OCH3 is 2. The molecule has 0 fully saturated rings. The maximum absolute atomic E-state index is 13.3. The maximum atomic E-state index is 13.3. The molecule has 0 aliphatic carbocycles. The fourth-order valence-corrected chi connectivity index (χ4v) is 5.56. The Morgan fingerprint density at radius 2 is 1.89 bits per heavy atom. The zero-order valence-electron chi connectivity index (χ0n) is 20.3. The zero-order valence-corrected chi connectivity index (χ0v) is 21.9. The average molecular weight is 540 g/mol. The van der Waals surface area contributed by atoms with Gasteiger partial charge in [0.15, 0.2) is 28.2 Å². The van der Waals surface area contributed by atoms with Gasteiger partial charge in [-0.3, -0.25) is 14.2 Å². The Labute approximate surface area is 221 Å². The number of nitrogens with one attached hydrogen (secondary N) is 1. The third-order valence-electron chi connectivity index (χ3n) is 5.76. The molecule has 2 aromatic heterocycles. The van der Waals surface area contributed by atoms with Crippen LogP contribution in [0.4, 0.5) is 5.69 Å². The van der Waals surface area contributed by atoms with Crippen LogP contribution >= 0.6 is 23.1 Å². The first-order chi connectivity index (χ1) is 18.1. The minimum atomic E-state index is -0.215. The topological polar surface area (TPSA) is 101 Å². The molecule has 0 saturated heterocycles. The minimum absolute atomic E-state index is 0.0902. The first-order valence-corrected chi connectivity index (χ1v) is 13.4. The van der Waals surface area contributed by atoms with Gasteiger partial charge in [-0.15, -0.1) is 11.3 Å². The van der Waals surface area contributed by atoms with Crippen molar-refractivity contribution in [2.75, 3.05) is 38.5 Å². The first kappa shape index (κ1) is 25.0. The molecule has 37 heavy (non-hydrogen) atoms. The summed E-state index contributed by atoms with van der Waals surface area (Å²) in [5.74, 6) is 2.41. The van der Waals surface area contributed by atoms with Gasteiger partial charge in [0.05, 0.1) is 25.5 Å². The number of aryl methyl sites for hydroxylation is 1. The molecule has 11 heteroatoms. The molecule has 0 unspecified atom stereocenters. The molecule has 0 atom stereocenters. The fourth-order valence-electron chi connectivity index (χ4n) is 3.96. The number of ether oxygens (including phenoxy) is 4. The number of anilines is 1. The lowest BCUT2D eigenvalue weighted by molar-refractivity contribution is -0.113. The van der Waals surface area contributed by atoms with E-state index in [4.69, 9.17) is 18.9 Å². The molecule has 1 aliphatic heterocycles. The molecule has 1 amide bonds. The Morgan fingerprint density at radius 3 is 2.70 bits per heavy atom. The van der Waals surface area contributed by atoms with Crippen LogP contribution in [0.15, 0.2) is 57.8 Å². The van der Waals surface area contributed by atoms with Crippen molar-refractivity contribution in [1.29, 1.82) is 0 Å². The number of rotatable bonds is 9. The number of carbonyl (C=O) groups is 1. The van der Waals surface area contributed by atoms with E-state index >= 15 is 0 Å². The normalized spacial score (nSPS) is 12.4. The molecule has 5 rings (SSSR count). The second kappa shape index (κ2) is 11.1. The van der Waals surface area contributed by atoms with Gasteiger partial charge in [-0.2, -0.15) is 0 Å². The molecule has 0 spiro atoms. The highest BCUT2D eigenvalue weighted by molar-refractivity contribution is 7.99. The number of aromatic nitrogens is 2. The second-order valence-corrected chi connectivity index (χ2v) is 9.98. The van der Waals surface area contributed by atoms with Crippen molar-refractivity contribution in [3.05, 3.63) is 63.8 Å². The summed E-state index contributed by atoms with van der Waals surface area (Å²) in [6, 6.07) is 12.8. The molecular weight excluding hydrogens is 514 g/mol. The van der Waals surface area contributed by atoms with Crippen LogP contribution in [-0.2, 0) is 17.8 Å². The van der Waals surface area contributed by atoms with E-state index < -0.39 is 0 Å². The molecule has 0 saturated carbocycles. The van der Waals surface area contributed by atoms with E-state index in [0.717, 1.165) is 5.56 Å². The average Bonchev–Trinajstić information content (AvgIpc) is 3.40. The van der Waals surface area contributed by atoms with Gasteiger partial charge in [0.25, 0.3) is 5.56 Å². The van der Waals surface area contributed by atoms with Crippen molar-refractivity contribution >= 4 is 44.9 Å². The molecule has 1 N–H and O–H groups in total. The van der Waals surface area contributed by atoms with Gasteiger partial charge in [-0.05, 0) is 47.7 Å². The van der Waals surface area contributed by atoms with Gasteiger partial charge in [0.2, 0.25) is 5.91 Å². The summed E-state index contributed by atoms with van der Waals surface area (Å²) in [5, 5.41) is 5.22. The predicted octanol–water partition coefficient (Wildman–Crippen LogP) is 4.22. The van der Waals surface area contributed by atoms with E-state index in [1.54, 1.807) is 37.0 Å². The second-order valence-electron chi connectivity index (χ2n) is 8.12. The highest BCUT2D eigenvalue weighted by atomic mass is 32.2. The van der Waals surface area contributed by atoms with E-state index in [9.17, 15) is 9.59 Å². The molecule has 3 heterocycles. The standard InChI is InChI=1S/C26H25N3O6S2/c1-32-19-5-3-16(13-21(19)33-2)7-9-29-25(31)24-18(8-12-36-24)28-26(29)37-15-23(30)27-17-4-6-20-22(14-17)35-11-10-34-20/h3-6,8,12-14H,7,9-11,15H2,1-2H3,(H,27,30). The smallest absolute Gasteiger partial charge is 0.272 e. The first-order valence-electron chi connectivity index (χ1n) is 11.6. The molecule has 4 aromatic rings. The minimum Gasteiger partial charge on any atom is -0.493 e. The molecule has 192 valence electrons. The summed E-state index contributed by atoms with van der Waals surface area (Å²) in [6.45, 7) is 1.38. The largest absolute Gasteiger partial charge is 0.493 e. The van der Waals surface area contributed by atoms with E-state index in [1.165, 1.54) is 23.1 Å². The fraction of sp³-hybridized carbons (Fsp3) is 0.269. The van der Waals surface area contributed by atoms with E-state index in [-0.39, 0.29) is 17.2 Å². The number of carbonyl (C=O) groups excluding carboxylic acids is 1.